The minimum absolute atomic E-state index is 0.0490. The van der Waals surface area contributed by atoms with E-state index >= 15 is 0 Å². The molecular weight excluding hydrogens is 270 g/mol. The summed E-state index contributed by atoms with van der Waals surface area (Å²) in [5.74, 6) is 0. The molecule has 1 heterocycles. The first kappa shape index (κ1) is 13.2. The number of halogens is 1. The molecule has 0 aliphatic carbocycles. The summed E-state index contributed by atoms with van der Waals surface area (Å²) in [7, 11) is 0. The van der Waals surface area contributed by atoms with Gasteiger partial charge in [-0.1, -0.05) is 23.7 Å². The molecule has 0 atom stereocenters. The highest BCUT2D eigenvalue weighted by Gasteiger charge is 2.05. The van der Waals surface area contributed by atoms with Crippen LogP contribution in [0, 0.1) is 10.1 Å². The van der Waals surface area contributed by atoms with Gasteiger partial charge in [0, 0.05) is 31.1 Å². The van der Waals surface area contributed by atoms with Crippen molar-refractivity contribution in [3.05, 3.63) is 67.8 Å². The number of nitro groups is 1. The largest absolute Gasteiger partial charge is 0.311 e. The third kappa shape index (κ3) is 3.17. The highest BCUT2D eigenvalue weighted by atomic mass is 35.5. The molecule has 0 bridgehead atoms. The maximum Gasteiger partial charge on any atom is 0.288 e. The number of benzene rings is 1. The Morgan fingerprint density at radius 3 is 2.63 bits per heavy atom. The van der Waals surface area contributed by atoms with Gasteiger partial charge in [0.1, 0.15) is 0 Å². The number of aromatic nitrogens is 2. The average molecular weight is 280 g/mol. The van der Waals surface area contributed by atoms with E-state index in [-0.39, 0.29) is 16.4 Å². The number of hydrogen-bond acceptors (Lipinski definition) is 4. The van der Waals surface area contributed by atoms with Gasteiger partial charge in [-0.3, -0.25) is 14.9 Å². The van der Waals surface area contributed by atoms with Crippen LogP contribution in [0.2, 0.25) is 5.15 Å². The third-order valence-corrected chi connectivity index (χ3v) is 2.92. The highest BCUT2D eigenvalue weighted by molar-refractivity contribution is 6.29. The Morgan fingerprint density at radius 1 is 1.32 bits per heavy atom. The molecule has 0 saturated carbocycles. The van der Waals surface area contributed by atoms with Crippen LogP contribution in [0.15, 0.2) is 41.5 Å². The van der Waals surface area contributed by atoms with Crippen molar-refractivity contribution < 1.29 is 4.92 Å². The van der Waals surface area contributed by atoms with Crippen LogP contribution in [0.3, 0.4) is 0 Å². The Balaban J connectivity index is 2.08. The summed E-state index contributed by atoms with van der Waals surface area (Å²) in [5.41, 5.74) is 0.615. The lowest BCUT2D eigenvalue weighted by atomic mass is 10.1. The molecule has 19 heavy (non-hydrogen) atoms. The van der Waals surface area contributed by atoms with Crippen LogP contribution in [0.4, 0.5) is 5.69 Å². The van der Waals surface area contributed by atoms with E-state index in [4.69, 9.17) is 11.6 Å². The number of non-ortho nitro benzene ring substituents is 1. The van der Waals surface area contributed by atoms with E-state index < -0.39 is 4.92 Å². The fraction of sp³-hybridized carbons (Fsp3) is 0.167. The molecule has 6 nitrogen and oxygen atoms in total. The molecule has 1 aromatic carbocycles. The van der Waals surface area contributed by atoms with Crippen molar-refractivity contribution in [1.82, 2.24) is 9.55 Å². The summed E-state index contributed by atoms with van der Waals surface area (Å²) < 4.78 is 1.46. The molecule has 2 aromatic rings. The Labute approximate surface area is 113 Å². The minimum atomic E-state index is -0.448. The zero-order valence-electron chi connectivity index (χ0n) is 9.82. The van der Waals surface area contributed by atoms with Crippen LogP contribution >= 0.6 is 11.6 Å². The number of nitrogens with zero attached hydrogens (tertiary/aromatic N) is 3. The summed E-state index contributed by atoms with van der Waals surface area (Å²) in [6.07, 6.45) is 3.59. The quantitative estimate of drug-likeness (QED) is 0.634. The molecule has 0 unspecified atom stereocenters. The molecule has 0 N–H and O–H groups in total. The predicted octanol–water partition coefficient (Wildman–Crippen LogP) is 2.05. The maximum absolute atomic E-state index is 11.6. The number of nitro benzene ring substituents is 1. The predicted molar refractivity (Wildman–Crippen MR) is 70.3 cm³/mol. The van der Waals surface area contributed by atoms with Gasteiger partial charge in [0.05, 0.1) is 4.92 Å². The van der Waals surface area contributed by atoms with Crippen molar-refractivity contribution in [3.63, 3.8) is 0 Å². The highest BCUT2D eigenvalue weighted by Crippen LogP contribution is 2.12. The van der Waals surface area contributed by atoms with Gasteiger partial charge in [-0.25, -0.2) is 4.98 Å². The van der Waals surface area contributed by atoms with Crippen LogP contribution in [0.25, 0.3) is 0 Å². The van der Waals surface area contributed by atoms with E-state index in [1.807, 2.05) is 0 Å². The number of aryl methyl sites for hydroxylation is 2. The molecule has 7 heteroatoms. The smallest absolute Gasteiger partial charge is 0.288 e. The lowest BCUT2D eigenvalue weighted by Crippen LogP contribution is -2.21. The Bertz CT molecular complexity index is 652. The second kappa shape index (κ2) is 5.62. The van der Waals surface area contributed by atoms with Crippen molar-refractivity contribution in [3.8, 4) is 0 Å². The molecule has 0 saturated heterocycles. The molecule has 1 aromatic heterocycles. The first-order chi connectivity index (χ1) is 9.08. The van der Waals surface area contributed by atoms with Crippen LogP contribution in [0.1, 0.15) is 5.56 Å². The zero-order valence-corrected chi connectivity index (χ0v) is 10.6. The van der Waals surface area contributed by atoms with Gasteiger partial charge in [0.15, 0.2) is 5.15 Å². The van der Waals surface area contributed by atoms with E-state index in [0.717, 1.165) is 5.56 Å². The van der Waals surface area contributed by atoms with Crippen LogP contribution in [-0.4, -0.2) is 14.5 Å². The third-order valence-electron chi connectivity index (χ3n) is 2.66. The van der Waals surface area contributed by atoms with Crippen molar-refractivity contribution in [2.45, 2.75) is 13.0 Å². The van der Waals surface area contributed by atoms with Gasteiger partial charge in [-0.15, -0.1) is 0 Å². The summed E-state index contributed by atoms with van der Waals surface area (Å²) in [5, 5.41) is 10.4. The average Bonchev–Trinajstić information content (AvgIpc) is 2.41. The van der Waals surface area contributed by atoms with E-state index in [1.54, 1.807) is 18.3 Å². The van der Waals surface area contributed by atoms with Crippen LogP contribution < -0.4 is 5.56 Å². The monoisotopic (exact) mass is 279 g/mol. The Hall–Kier alpha value is -2.21. The minimum Gasteiger partial charge on any atom is -0.311 e. The molecule has 98 valence electrons. The molecule has 0 fully saturated rings. The van der Waals surface area contributed by atoms with Gasteiger partial charge in [0.25, 0.3) is 11.2 Å². The fourth-order valence-corrected chi connectivity index (χ4v) is 1.80. The standard InChI is InChI=1S/C12H10ClN3O3/c13-11-12(17)15(8-6-14-11)7-5-9-1-3-10(4-2-9)16(18)19/h1-4,6,8H,5,7H2. The topological polar surface area (TPSA) is 78.0 Å². The molecule has 0 radical (unpaired) electrons. The summed E-state index contributed by atoms with van der Waals surface area (Å²) >= 11 is 5.63. The van der Waals surface area contributed by atoms with E-state index in [1.165, 1.54) is 22.9 Å². The van der Waals surface area contributed by atoms with Gasteiger partial charge in [-0.05, 0) is 12.0 Å². The number of hydrogen-bond donors (Lipinski definition) is 0. The first-order valence-electron chi connectivity index (χ1n) is 5.52. The van der Waals surface area contributed by atoms with E-state index in [0.29, 0.717) is 13.0 Å². The van der Waals surface area contributed by atoms with Crippen molar-refractivity contribution in [2.24, 2.45) is 0 Å². The molecule has 0 amide bonds. The van der Waals surface area contributed by atoms with Crippen molar-refractivity contribution >= 4 is 17.3 Å². The van der Waals surface area contributed by atoms with Crippen LogP contribution in [0.5, 0.6) is 0 Å². The van der Waals surface area contributed by atoms with Crippen molar-refractivity contribution in [1.29, 1.82) is 0 Å². The molecule has 0 spiro atoms. The summed E-state index contributed by atoms with van der Waals surface area (Å²) in [6, 6.07) is 6.23. The normalized spacial score (nSPS) is 10.4. The molecule has 2 rings (SSSR count). The lowest BCUT2D eigenvalue weighted by molar-refractivity contribution is -0.384. The maximum atomic E-state index is 11.6. The second-order valence-electron chi connectivity index (χ2n) is 3.89. The van der Waals surface area contributed by atoms with Crippen molar-refractivity contribution in [2.75, 3.05) is 0 Å². The van der Waals surface area contributed by atoms with E-state index in [9.17, 15) is 14.9 Å². The lowest BCUT2D eigenvalue weighted by Gasteiger charge is -2.05. The fourth-order valence-electron chi connectivity index (χ4n) is 1.63. The SMILES string of the molecule is O=c1c(Cl)nccn1CCc1ccc([N+](=O)[O-])cc1. The Kier molecular flexibility index (Phi) is 3.91. The summed E-state index contributed by atoms with van der Waals surface area (Å²) in [4.78, 5) is 25.4. The molecule has 0 aliphatic heterocycles. The van der Waals surface area contributed by atoms with Crippen LogP contribution in [-0.2, 0) is 13.0 Å². The molecule has 0 aliphatic rings. The van der Waals surface area contributed by atoms with Gasteiger partial charge < -0.3 is 4.57 Å². The number of rotatable bonds is 4. The Morgan fingerprint density at radius 2 is 2.00 bits per heavy atom. The molecular formula is C12H10ClN3O3. The summed E-state index contributed by atoms with van der Waals surface area (Å²) in [6.45, 7) is 0.443. The van der Waals surface area contributed by atoms with Gasteiger partial charge in [0.2, 0.25) is 0 Å². The first-order valence-corrected chi connectivity index (χ1v) is 5.90. The van der Waals surface area contributed by atoms with Gasteiger partial charge in [-0.2, -0.15) is 0 Å². The second-order valence-corrected chi connectivity index (χ2v) is 4.25. The van der Waals surface area contributed by atoms with Gasteiger partial charge >= 0.3 is 0 Å². The van der Waals surface area contributed by atoms with E-state index in [2.05, 4.69) is 4.98 Å². The zero-order chi connectivity index (χ0) is 13.8.